The molecule has 0 aliphatic carbocycles. The normalized spacial score (nSPS) is 14.1. The van der Waals surface area contributed by atoms with E-state index in [1.54, 1.807) is 4.90 Å². The number of nitrogens with one attached hydrogen (secondary N) is 3. The molecule has 3 N–H and O–H groups in total. The topological polar surface area (TPSA) is 85.8 Å². The monoisotopic (exact) mass is 515 g/mol. The molecule has 0 radical (unpaired) electrons. The summed E-state index contributed by atoms with van der Waals surface area (Å²) in [6, 6.07) is 7.47. The van der Waals surface area contributed by atoms with Crippen LogP contribution < -0.4 is 16.0 Å². The quantitative estimate of drug-likeness (QED) is 0.204. The Morgan fingerprint density at radius 2 is 1.90 bits per heavy atom. The zero-order chi connectivity index (χ0) is 20.2. The van der Waals surface area contributed by atoms with Crippen molar-refractivity contribution in [3.05, 3.63) is 35.4 Å². The second kappa shape index (κ2) is 14.2. The van der Waals surface area contributed by atoms with Crippen LogP contribution in [0.15, 0.2) is 29.3 Å². The summed E-state index contributed by atoms with van der Waals surface area (Å²) in [4.78, 5) is 30.2. The van der Waals surface area contributed by atoms with E-state index in [0.29, 0.717) is 25.2 Å². The molecule has 0 bridgehead atoms. The highest BCUT2D eigenvalue weighted by Crippen LogP contribution is 2.10. The number of unbranched alkanes of at least 4 members (excludes halogenated alkanes) is 3. The van der Waals surface area contributed by atoms with Gasteiger partial charge in [-0.1, -0.05) is 38.3 Å². The molecule has 0 saturated carbocycles. The van der Waals surface area contributed by atoms with Gasteiger partial charge in [0, 0.05) is 31.7 Å². The summed E-state index contributed by atoms with van der Waals surface area (Å²) < 4.78 is 0. The number of benzene rings is 1. The van der Waals surface area contributed by atoms with Crippen LogP contribution in [0.2, 0.25) is 0 Å². The van der Waals surface area contributed by atoms with Crippen LogP contribution in [-0.4, -0.2) is 55.4 Å². The Morgan fingerprint density at radius 1 is 1.14 bits per heavy atom. The maximum absolute atomic E-state index is 12.5. The van der Waals surface area contributed by atoms with Crippen molar-refractivity contribution in [1.29, 1.82) is 0 Å². The van der Waals surface area contributed by atoms with Crippen molar-refractivity contribution in [3.8, 4) is 0 Å². The van der Waals surface area contributed by atoms with Crippen molar-refractivity contribution in [2.75, 3.05) is 32.7 Å². The standard InChI is InChI=1S/C21H33N5O2.HI/c1-3-5-6-7-12-24-21(22-4-2)25-15-17-8-10-18(11-9-17)20(28)26-14-13-23-19(27)16-26;/h8-11H,3-7,12-16H2,1-2H3,(H,23,27)(H2,22,24,25);1H. The fourth-order valence-corrected chi connectivity index (χ4v) is 3.02. The predicted molar refractivity (Wildman–Crippen MR) is 128 cm³/mol. The van der Waals surface area contributed by atoms with E-state index < -0.39 is 0 Å². The van der Waals surface area contributed by atoms with Gasteiger partial charge in [-0.2, -0.15) is 0 Å². The molecule has 0 atom stereocenters. The van der Waals surface area contributed by atoms with Crippen molar-refractivity contribution in [1.82, 2.24) is 20.9 Å². The number of rotatable bonds is 9. The number of guanidine groups is 1. The van der Waals surface area contributed by atoms with Gasteiger partial charge in [0.25, 0.3) is 5.91 Å². The van der Waals surface area contributed by atoms with Gasteiger partial charge in [-0.15, -0.1) is 24.0 Å². The summed E-state index contributed by atoms with van der Waals surface area (Å²) >= 11 is 0. The summed E-state index contributed by atoms with van der Waals surface area (Å²) in [5, 5.41) is 9.36. The molecular formula is C21H34IN5O2. The van der Waals surface area contributed by atoms with Gasteiger partial charge in [0.15, 0.2) is 5.96 Å². The fraction of sp³-hybridized carbons (Fsp3) is 0.571. The maximum Gasteiger partial charge on any atom is 0.254 e. The van der Waals surface area contributed by atoms with Gasteiger partial charge < -0.3 is 20.9 Å². The Labute approximate surface area is 191 Å². The van der Waals surface area contributed by atoms with Crippen LogP contribution in [0.25, 0.3) is 0 Å². The van der Waals surface area contributed by atoms with Crippen LogP contribution in [-0.2, 0) is 11.3 Å². The first-order valence-corrected chi connectivity index (χ1v) is 10.3. The van der Waals surface area contributed by atoms with Crippen LogP contribution in [0.1, 0.15) is 55.5 Å². The highest BCUT2D eigenvalue weighted by Gasteiger charge is 2.21. The number of aliphatic imine (C=N–C) groups is 1. The average molecular weight is 515 g/mol. The number of amides is 2. The lowest BCUT2D eigenvalue weighted by molar-refractivity contribution is -0.123. The molecular weight excluding hydrogens is 481 g/mol. The largest absolute Gasteiger partial charge is 0.357 e. The fourth-order valence-electron chi connectivity index (χ4n) is 3.02. The summed E-state index contributed by atoms with van der Waals surface area (Å²) in [5.41, 5.74) is 1.64. The predicted octanol–water partition coefficient (Wildman–Crippen LogP) is 2.51. The Bertz CT molecular complexity index is 664. The van der Waals surface area contributed by atoms with E-state index in [4.69, 9.17) is 0 Å². The Kier molecular flexibility index (Phi) is 12.3. The molecule has 162 valence electrons. The Morgan fingerprint density at radius 3 is 2.55 bits per heavy atom. The molecule has 1 aromatic rings. The summed E-state index contributed by atoms with van der Waals surface area (Å²) in [6.07, 6.45) is 4.88. The zero-order valence-electron chi connectivity index (χ0n) is 17.5. The van der Waals surface area contributed by atoms with E-state index in [9.17, 15) is 9.59 Å². The molecule has 0 unspecified atom stereocenters. The minimum atomic E-state index is -0.108. The van der Waals surface area contributed by atoms with Crippen molar-refractivity contribution in [2.24, 2.45) is 4.99 Å². The van der Waals surface area contributed by atoms with Gasteiger partial charge in [0.05, 0.1) is 13.1 Å². The number of hydrogen-bond acceptors (Lipinski definition) is 3. The molecule has 1 heterocycles. The van der Waals surface area contributed by atoms with Gasteiger partial charge >= 0.3 is 0 Å². The number of carbonyl (C=O) groups is 2. The van der Waals surface area contributed by atoms with Crippen LogP contribution in [0.3, 0.4) is 0 Å². The molecule has 0 aromatic heterocycles. The lowest BCUT2D eigenvalue weighted by Gasteiger charge is -2.26. The van der Waals surface area contributed by atoms with E-state index in [0.717, 1.165) is 31.0 Å². The smallest absolute Gasteiger partial charge is 0.254 e. The number of nitrogens with zero attached hydrogens (tertiary/aromatic N) is 2. The van der Waals surface area contributed by atoms with Crippen LogP contribution >= 0.6 is 24.0 Å². The number of halogens is 1. The minimum Gasteiger partial charge on any atom is -0.357 e. The molecule has 1 saturated heterocycles. The van der Waals surface area contributed by atoms with E-state index in [1.165, 1.54) is 19.3 Å². The first kappa shape index (κ1) is 25.2. The number of piperazine rings is 1. The van der Waals surface area contributed by atoms with Gasteiger partial charge in [-0.25, -0.2) is 4.99 Å². The molecule has 1 fully saturated rings. The number of carbonyl (C=O) groups excluding carboxylic acids is 2. The summed E-state index contributed by atoms with van der Waals surface area (Å²) in [5.74, 6) is 0.606. The Balaban J connectivity index is 0.00000420. The molecule has 1 aromatic carbocycles. The first-order chi connectivity index (χ1) is 13.6. The first-order valence-electron chi connectivity index (χ1n) is 10.3. The second-order valence-corrected chi connectivity index (χ2v) is 6.96. The van der Waals surface area contributed by atoms with Gasteiger partial charge in [-0.05, 0) is 31.0 Å². The molecule has 2 rings (SSSR count). The van der Waals surface area contributed by atoms with Crippen LogP contribution in [0, 0.1) is 0 Å². The SMILES string of the molecule is CCCCCCNC(=NCc1ccc(C(=O)N2CCNC(=O)C2)cc1)NCC.I. The molecule has 1 aliphatic heterocycles. The third-order valence-electron chi connectivity index (χ3n) is 4.61. The van der Waals surface area contributed by atoms with E-state index >= 15 is 0 Å². The lowest BCUT2D eigenvalue weighted by Crippen LogP contribution is -2.49. The van der Waals surface area contributed by atoms with Gasteiger partial charge in [0.1, 0.15) is 0 Å². The van der Waals surface area contributed by atoms with Crippen LogP contribution in [0.5, 0.6) is 0 Å². The van der Waals surface area contributed by atoms with Crippen molar-refractivity contribution < 1.29 is 9.59 Å². The lowest BCUT2D eigenvalue weighted by atomic mass is 10.1. The average Bonchev–Trinajstić information content (AvgIpc) is 2.71. The number of hydrogen-bond donors (Lipinski definition) is 3. The van der Waals surface area contributed by atoms with Crippen LogP contribution in [0.4, 0.5) is 0 Å². The summed E-state index contributed by atoms with van der Waals surface area (Å²) in [6.45, 7) is 7.73. The molecule has 1 aliphatic rings. The highest BCUT2D eigenvalue weighted by atomic mass is 127. The van der Waals surface area contributed by atoms with E-state index in [-0.39, 0.29) is 42.3 Å². The molecule has 7 nitrogen and oxygen atoms in total. The third-order valence-corrected chi connectivity index (χ3v) is 4.61. The molecule has 0 spiro atoms. The van der Waals surface area contributed by atoms with E-state index in [2.05, 4.69) is 34.8 Å². The molecule has 29 heavy (non-hydrogen) atoms. The molecule has 2 amide bonds. The minimum absolute atomic E-state index is 0. The van der Waals surface area contributed by atoms with Gasteiger partial charge in [0.2, 0.25) is 5.91 Å². The summed E-state index contributed by atoms with van der Waals surface area (Å²) in [7, 11) is 0. The van der Waals surface area contributed by atoms with E-state index in [1.807, 2.05) is 24.3 Å². The van der Waals surface area contributed by atoms with Crippen molar-refractivity contribution in [3.63, 3.8) is 0 Å². The van der Waals surface area contributed by atoms with Gasteiger partial charge in [-0.3, -0.25) is 9.59 Å². The highest BCUT2D eigenvalue weighted by molar-refractivity contribution is 14.0. The zero-order valence-corrected chi connectivity index (χ0v) is 19.8. The second-order valence-electron chi connectivity index (χ2n) is 6.96. The molecule has 8 heteroatoms. The van der Waals surface area contributed by atoms with Crippen molar-refractivity contribution >= 4 is 41.8 Å². The Hall–Kier alpha value is -1.84. The maximum atomic E-state index is 12.5. The van der Waals surface area contributed by atoms with Crippen molar-refractivity contribution in [2.45, 2.75) is 46.1 Å². The third kappa shape index (κ3) is 9.01.